The molecule has 1 aliphatic rings. The summed E-state index contributed by atoms with van der Waals surface area (Å²) in [4.78, 5) is 11.1. The van der Waals surface area contributed by atoms with Gasteiger partial charge in [0, 0.05) is 0 Å². The number of alkyl halides is 3. The third-order valence-corrected chi connectivity index (χ3v) is 1.72. The Morgan fingerprint density at radius 3 is 2.73 bits per heavy atom. The van der Waals surface area contributed by atoms with Crippen molar-refractivity contribution in [1.29, 1.82) is 0 Å². The van der Waals surface area contributed by atoms with Gasteiger partial charge >= 0.3 is 12.1 Å². The summed E-state index contributed by atoms with van der Waals surface area (Å²) in [5.74, 6) is -2.66. The third-order valence-electron chi connectivity index (χ3n) is 1.72. The molecule has 1 heterocycles. The Morgan fingerprint density at radius 2 is 2.27 bits per heavy atom. The van der Waals surface area contributed by atoms with Gasteiger partial charge in [-0.15, -0.1) is 0 Å². The maximum Gasteiger partial charge on any atom is 0.449 e. The lowest BCUT2D eigenvalue weighted by Crippen LogP contribution is -2.22. The molecule has 0 spiro atoms. The van der Waals surface area contributed by atoms with Gasteiger partial charge in [0.1, 0.15) is 18.3 Å². The van der Waals surface area contributed by atoms with Gasteiger partial charge in [0.15, 0.2) is 0 Å². The Labute approximate surface area is 83.3 Å². The second-order valence-electron chi connectivity index (χ2n) is 2.79. The second kappa shape index (κ2) is 4.09. The van der Waals surface area contributed by atoms with Gasteiger partial charge in [-0.25, -0.2) is 4.79 Å². The first kappa shape index (κ1) is 11.8. The van der Waals surface area contributed by atoms with E-state index in [1.807, 2.05) is 0 Å². The molecule has 0 aromatic rings. The average molecular weight is 226 g/mol. The number of hydrogen-bond acceptors (Lipinski definition) is 4. The molecule has 1 rings (SSSR count). The highest BCUT2D eigenvalue weighted by molar-refractivity contribution is 5.90. The molecular weight excluding hydrogens is 217 g/mol. The molecule has 86 valence electrons. The third kappa shape index (κ3) is 2.41. The van der Waals surface area contributed by atoms with Crippen molar-refractivity contribution < 1.29 is 32.5 Å². The van der Waals surface area contributed by atoms with Crippen LogP contribution >= 0.6 is 0 Å². The van der Waals surface area contributed by atoms with E-state index in [2.05, 4.69) is 9.47 Å². The lowest BCUT2D eigenvalue weighted by atomic mass is 10.1. The minimum atomic E-state index is -4.79. The molecule has 1 N–H and O–H groups in total. The van der Waals surface area contributed by atoms with Crippen molar-refractivity contribution >= 4 is 5.97 Å². The van der Waals surface area contributed by atoms with Gasteiger partial charge in [0.2, 0.25) is 5.76 Å². The summed E-state index contributed by atoms with van der Waals surface area (Å²) < 4.78 is 45.4. The number of aliphatic hydroxyl groups excluding tert-OH is 1. The van der Waals surface area contributed by atoms with Gasteiger partial charge < -0.3 is 14.6 Å². The van der Waals surface area contributed by atoms with Crippen LogP contribution in [0.25, 0.3) is 0 Å². The lowest BCUT2D eigenvalue weighted by molar-refractivity contribution is -0.142. The minimum Gasteiger partial charge on any atom is -0.485 e. The predicted molar refractivity (Wildman–Crippen MR) is 41.7 cm³/mol. The number of carbonyl (C=O) groups excluding carboxylic acids is 1. The summed E-state index contributed by atoms with van der Waals surface area (Å²) in [6.07, 6.45) is -6.37. The van der Waals surface area contributed by atoms with Gasteiger partial charge in [0.05, 0.1) is 6.61 Å². The molecule has 15 heavy (non-hydrogen) atoms. The Balaban J connectivity index is 3.01. The van der Waals surface area contributed by atoms with Gasteiger partial charge in [-0.2, -0.15) is 13.2 Å². The van der Waals surface area contributed by atoms with Crippen LogP contribution in [0, 0.1) is 0 Å². The maximum absolute atomic E-state index is 12.3. The van der Waals surface area contributed by atoms with E-state index in [0.29, 0.717) is 0 Å². The van der Waals surface area contributed by atoms with Crippen molar-refractivity contribution in [2.75, 3.05) is 13.2 Å². The highest BCUT2D eigenvalue weighted by Gasteiger charge is 2.47. The zero-order valence-electron chi connectivity index (χ0n) is 7.80. The number of hydrogen-bond donors (Lipinski definition) is 1. The largest absolute Gasteiger partial charge is 0.485 e. The number of esters is 1. The van der Waals surface area contributed by atoms with Gasteiger partial charge in [-0.05, 0) is 6.92 Å². The summed E-state index contributed by atoms with van der Waals surface area (Å²) in [7, 11) is 0. The predicted octanol–water partition coefficient (Wildman–Crippen LogP) is 0.757. The van der Waals surface area contributed by atoms with Crippen LogP contribution in [0.5, 0.6) is 0 Å². The fourth-order valence-corrected chi connectivity index (χ4v) is 1.15. The fourth-order valence-electron chi connectivity index (χ4n) is 1.15. The monoisotopic (exact) mass is 226 g/mol. The first-order valence-electron chi connectivity index (χ1n) is 4.17. The molecule has 1 atom stereocenters. The lowest BCUT2D eigenvalue weighted by Gasteiger charge is -2.09. The Bertz CT molecular complexity index is 295. The van der Waals surface area contributed by atoms with Crippen molar-refractivity contribution in [1.82, 2.24) is 0 Å². The molecule has 0 bridgehead atoms. The van der Waals surface area contributed by atoms with E-state index in [1.54, 1.807) is 0 Å². The van der Waals surface area contributed by atoms with E-state index in [0.717, 1.165) is 0 Å². The number of halogens is 3. The molecule has 0 aliphatic carbocycles. The highest BCUT2D eigenvalue weighted by Crippen LogP contribution is 2.34. The number of aliphatic hydroxyl groups is 1. The molecule has 0 radical (unpaired) electrons. The van der Waals surface area contributed by atoms with Crippen LogP contribution in [-0.2, 0) is 14.3 Å². The van der Waals surface area contributed by atoms with E-state index >= 15 is 0 Å². The van der Waals surface area contributed by atoms with E-state index in [-0.39, 0.29) is 6.61 Å². The Kier molecular flexibility index (Phi) is 3.23. The summed E-state index contributed by atoms with van der Waals surface area (Å²) >= 11 is 0. The fraction of sp³-hybridized carbons (Fsp3) is 0.625. The smallest absolute Gasteiger partial charge is 0.449 e. The number of allylic oxidation sites excluding steroid dienone is 1. The van der Waals surface area contributed by atoms with Crippen LogP contribution < -0.4 is 0 Å². The van der Waals surface area contributed by atoms with Crippen LogP contribution in [0.15, 0.2) is 11.3 Å². The SMILES string of the molecule is CCOC(=O)C1=C(C(F)(F)F)OCC1O. The van der Waals surface area contributed by atoms with Gasteiger partial charge in [-0.3, -0.25) is 0 Å². The molecule has 0 fully saturated rings. The highest BCUT2D eigenvalue weighted by atomic mass is 19.4. The van der Waals surface area contributed by atoms with E-state index in [4.69, 9.17) is 5.11 Å². The summed E-state index contributed by atoms with van der Waals surface area (Å²) in [6.45, 7) is 0.803. The van der Waals surface area contributed by atoms with Crippen molar-refractivity contribution in [3.05, 3.63) is 11.3 Å². The van der Waals surface area contributed by atoms with E-state index in [9.17, 15) is 18.0 Å². The van der Waals surface area contributed by atoms with Gasteiger partial charge in [-0.1, -0.05) is 0 Å². The second-order valence-corrected chi connectivity index (χ2v) is 2.79. The normalized spacial score (nSPS) is 21.5. The molecule has 0 aromatic heterocycles. The Morgan fingerprint density at radius 1 is 1.67 bits per heavy atom. The van der Waals surface area contributed by atoms with Crippen LogP contribution in [0.2, 0.25) is 0 Å². The average Bonchev–Trinajstić information content (AvgIpc) is 2.46. The van der Waals surface area contributed by atoms with Crippen molar-refractivity contribution in [2.24, 2.45) is 0 Å². The number of ether oxygens (including phenoxy) is 2. The number of rotatable bonds is 2. The van der Waals surface area contributed by atoms with E-state index in [1.165, 1.54) is 6.92 Å². The Hall–Kier alpha value is -1.24. The first-order chi connectivity index (χ1) is 6.88. The van der Waals surface area contributed by atoms with Crippen LogP contribution in [0.1, 0.15) is 6.92 Å². The van der Waals surface area contributed by atoms with Crippen molar-refractivity contribution in [3.63, 3.8) is 0 Å². The molecule has 4 nitrogen and oxygen atoms in total. The first-order valence-corrected chi connectivity index (χ1v) is 4.17. The summed E-state index contributed by atoms with van der Waals surface area (Å²) in [5.41, 5.74) is -0.857. The maximum atomic E-state index is 12.3. The molecule has 0 aromatic carbocycles. The molecule has 0 amide bonds. The van der Waals surface area contributed by atoms with Crippen LogP contribution in [-0.4, -0.2) is 36.6 Å². The molecule has 0 saturated heterocycles. The minimum absolute atomic E-state index is 0.0693. The quantitative estimate of drug-likeness (QED) is 0.706. The van der Waals surface area contributed by atoms with Crippen LogP contribution in [0.3, 0.4) is 0 Å². The van der Waals surface area contributed by atoms with Crippen molar-refractivity contribution in [2.45, 2.75) is 19.2 Å². The van der Waals surface area contributed by atoms with Crippen molar-refractivity contribution in [3.8, 4) is 0 Å². The molecule has 1 unspecified atom stereocenters. The van der Waals surface area contributed by atoms with Crippen LogP contribution in [0.4, 0.5) is 13.2 Å². The molecular formula is C8H9F3O4. The number of carbonyl (C=O) groups is 1. The molecule has 7 heteroatoms. The van der Waals surface area contributed by atoms with E-state index < -0.39 is 36.2 Å². The summed E-state index contributed by atoms with van der Waals surface area (Å²) in [6, 6.07) is 0. The van der Waals surface area contributed by atoms with Gasteiger partial charge in [0.25, 0.3) is 0 Å². The topological polar surface area (TPSA) is 55.8 Å². The zero-order chi connectivity index (χ0) is 11.6. The standard InChI is InChI=1S/C8H9F3O4/c1-2-14-7(13)5-4(12)3-15-6(5)8(9,10)11/h4,12H,2-3H2,1H3. The molecule has 0 saturated carbocycles. The molecule has 1 aliphatic heterocycles. The summed E-state index contributed by atoms with van der Waals surface area (Å²) in [5, 5.41) is 9.14. The zero-order valence-corrected chi connectivity index (χ0v) is 7.80.